The van der Waals surface area contributed by atoms with Crippen molar-refractivity contribution in [2.75, 3.05) is 19.6 Å². The minimum atomic E-state index is -0.0877. The van der Waals surface area contributed by atoms with E-state index in [1.807, 2.05) is 0 Å². The Morgan fingerprint density at radius 3 is 2.94 bits per heavy atom. The van der Waals surface area contributed by atoms with E-state index in [2.05, 4.69) is 21.1 Å². The molecule has 0 aromatic rings. The molecule has 4 atom stereocenters. The Kier molecular flexibility index (Phi) is 3.32. The Bertz CT molecular complexity index is 371. The van der Waals surface area contributed by atoms with Gasteiger partial charge in [0.15, 0.2) is 5.78 Å². The molecule has 0 aromatic carbocycles. The molecule has 0 aliphatic carbocycles. The fourth-order valence-corrected chi connectivity index (χ4v) is 3.42. The highest BCUT2D eigenvalue weighted by Crippen LogP contribution is 2.26. The highest BCUT2D eigenvalue weighted by Gasteiger charge is 2.44. The van der Waals surface area contributed by atoms with Crippen LogP contribution in [0.3, 0.4) is 0 Å². The summed E-state index contributed by atoms with van der Waals surface area (Å²) in [6, 6.07) is 0.224. The van der Waals surface area contributed by atoms with Crippen molar-refractivity contribution in [1.29, 1.82) is 0 Å². The zero-order valence-electron chi connectivity index (χ0n) is 10.4. The molecular weight excluding hydrogens is 232 g/mol. The lowest BCUT2D eigenvalue weighted by molar-refractivity contribution is -0.118. The summed E-state index contributed by atoms with van der Waals surface area (Å²) in [5.41, 5.74) is 0.357. The molecule has 3 fully saturated rings. The molecule has 4 N–H and O–H groups in total. The second-order valence-corrected chi connectivity index (χ2v) is 5.40. The van der Waals surface area contributed by atoms with Gasteiger partial charge in [-0.15, -0.1) is 0 Å². The summed E-state index contributed by atoms with van der Waals surface area (Å²) in [7, 11) is 0. The maximum atomic E-state index is 12.5. The van der Waals surface area contributed by atoms with Gasteiger partial charge < -0.3 is 15.8 Å². The van der Waals surface area contributed by atoms with Crippen molar-refractivity contribution in [3.05, 3.63) is 0 Å². The molecule has 0 bridgehead atoms. The van der Waals surface area contributed by atoms with Crippen LogP contribution in [0.2, 0.25) is 0 Å². The molecule has 0 radical (unpaired) electrons. The molecular formula is C12H20N4O2. The average Bonchev–Trinajstić information content (AvgIpc) is 2.53. The molecule has 3 rings (SSSR count). The van der Waals surface area contributed by atoms with Gasteiger partial charge in [-0.2, -0.15) is 0 Å². The monoisotopic (exact) mass is 252 g/mol. The Morgan fingerprint density at radius 2 is 2.11 bits per heavy atom. The maximum Gasteiger partial charge on any atom is 0.186 e. The molecule has 3 heterocycles. The van der Waals surface area contributed by atoms with Crippen LogP contribution >= 0.6 is 0 Å². The molecule has 3 aliphatic rings. The van der Waals surface area contributed by atoms with Crippen molar-refractivity contribution >= 4 is 11.5 Å². The predicted molar refractivity (Wildman–Crippen MR) is 66.6 cm³/mol. The van der Waals surface area contributed by atoms with Crippen molar-refractivity contribution in [1.82, 2.24) is 16.0 Å². The number of nitrogens with zero attached hydrogens (tertiary/aromatic N) is 1. The summed E-state index contributed by atoms with van der Waals surface area (Å²) in [6.45, 7) is 2.60. The van der Waals surface area contributed by atoms with E-state index >= 15 is 0 Å². The van der Waals surface area contributed by atoms with Crippen molar-refractivity contribution in [3.8, 4) is 0 Å². The lowest BCUT2D eigenvalue weighted by atomic mass is 9.84. The van der Waals surface area contributed by atoms with E-state index in [4.69, 9.17) is 0 Å². The molecule has 0 spiro atoms. The molecule has 6 nitrogen and oxygen atoms in total. The van der Waals surface area contributed by atoms with Crippen molar-refractivity contribution in [3.63, 3.8) is 0 Å². The zero-order chi connectivity index (χ0) is 12.5. The van der Waals surface area contributed by atoms with Gasteiger partial charge in [-0.1, -0.05) is 5.16 Å². The highest BCUT2D eigenvalue weighted by molar-refractivity contribution is 6.41. The number of hydrogen-bond donors (Lipinski definition) is 4. The first-order chi connectivity index (χ1) is 8.81. The molecule has 3 saturated heterocycles. The first-order valence-electron chi connectivity index (χ1n) is 6.77. The van der Waals surface area contributed by atoms with Gasteiger partial charge >= 0.3 is 0 Å². The lowest BCUT2D eigenvalue weighted by Crippen LogP contribution is -2.57. The summed E-state index contributed by atoms with van der Waals surface area (Å²) in [5, 5.41) is 22.7. The third kappa shape index (κ3) is 1.94. The van der Waals surface area contributed by atoms with Gasteiger partial charge in [0.1, 0.15) is 5.71 Å². The van der Waals surface area contributed by atoms with Gasteiger partial charge in [0.05, 0.1) is 12.1 Å². The van der Waals surface area contributed by atoms with E-state index in [9.17, 15) is 10.0 Å². The normalized spacial score (nSPS) is 43.1. The number of rotatable bonds is 0. The fourth-order valence-electron chi connectivity index (χ4n) is 3.42. The number of carbonyl (C=O) groups excluding carboxylic acids is 1. The standard InChI is InChI=1S/C12H20N4O2/c17-11-7-2-1-4-14-12(7)15-9-3-5-13-6-8(9)10(11)16-18/h7-9,12-15,18H,1-6H2/b16-10+. The number of nitrogens with one attached hydrogen (secondary N) is 3. The van der Waals surface area contributed by atoms with Crippen LogP contribution in [0, 0.1) is 11.8 Å². The van der Waals surface area contributed by atoms with Crippen LogP contribution < -0.4 is 16.0 Å². The number of fused-ring (bicyclic) bond motifs is 2. The van der Waals surface area contributed by atoms with Gasteiger partial charge in [0, 0.05) is 18.5 Å². The Morgan fingerprint density at radius 1 is 1.22 bits per heavy atom. The number of ketones is 1. The van der Waals surface area contributed by atoms with Crippen molar-refractivity contribution in [2.24, 2.45) is 17.0 Å². The lowest BCUT2D eigenvalue weighted by Gasteiger charge is -2.34. The molecule has 0 aromatic heterocycles. The van der Waals surface area contributed by atoms with E-state index in [0.29, 0.717) is 12.3 Å². The largest absolute Gasteiger partial charge is 0.411 e. The second-order valence-electron chi connectivity index (χ2n) is 5.40. The minimum Gasteiger partial charge on any atom is -0.411 e. The van der Waals surface area contributed by atoms with Gasteiger partial charge in [-0.05, 0) is 32.4 Å². The van der Waals surface area contributed by atoms with Crippen LogP contribution in [-0.2, 0) is 4.79 Å². The van der Waals surface area contributed by atoms with Crippen LogP contribution in [0.15, 0.2) is 5.16 Å². The van der Waals surface area contributed by atoms with Crippen LogP contribution in [0.4, 0.5) is 0 Å². The summed E-state index contributed by atoms with van der Waals surface area (Å²) in [4.78, 5) is 12.5. The van der Waals surface area contributed by atoms with Gasteiger partial charge in [0.25, 0.3) is 0 Å². The third-order valence-electron chi connectivity index (χ3n) is 4.38. The quantitative estimate of drug-likeness (QED) is 0.338. The van der Waals surface area contributed by atoms with Crippen LogP contribution in [-0.4, -0.2) is 48.5 Å². The summed E-state index contributed by atoms with van der Waals surface area (Å²) < 4.78 is 0. The topological polar surface area (TPSA) is 85.8 Å². The van der Waals surface area contributed by atoms with E-state index in [-0.39, 0.29) is 29.8 Å². The molecule has 100 valence electrons. The number of oxime groups is 1. The first-order valence-corrected chi connectivity index (χ1v) is 6.77. The van der Waals surface area contributed by atoms with E-state index < -0.39 is 0 Å². The second kappa shape index (κ2) is 4.95. The molecule has 3 aliphatic heterocycles. The molecule has 4 unspecified atom stereocenters. The maximum absolute atomic E-state index is 12.5. The van der Waals surface area contributed by atoms with Gasteiger partial charge in [-0.3, -0.25) is 10.1 Å². The van der Waals surface area contributed by atoms with E-state index in [0.717, 1.165) is 32.4 Å². The predicted octanol–water partition coefficient (Wildman–Crippen LogP) is -0.707. The first kappa shape index (κ1) is 12.1. The zero-order valence-corrected chi connectivity index (χ0v) is 10.4. The Hall–Kier alpha value is -0.980. The number of carbonyl (C=O) groups is 1. The van der Waals surface area contributed by atoms with Gasteiger partial charge in [0.2, 0.25) is 0 Å². The number of Topliss-reactive ketones (excluding diaryl/α,β-unsaturated/α-hetero) is 1. The number of hydrogen-bond acceptors (Lipinski definition) is 6. The molecule has 18 heavy (non-hydrogen) atoms. The summed E-state index contributed by atoms with van der Waals surface area (Å²) >= 11 is 0. The molecule has 6 heteroatoms. The highest BCUT2D eigenvalue weighted by atomic mass is 16.4. The van der Waals surface area contributed by atoms with Crippen LogP contribution in [0.5, 0.6) is 0 Å². The number of piperidine rings is 2. The molecule has 0 amide bonds. The van der Waals surface area contributed by atoms with Gasteiger partial charge in [-0.25, -0.2) is 0 Å². The smallest absolute Gasteiger partial charge is 0.186 e. The van der Waals surface area contributed by atoms with E-state index in [1.54, 1.807) is 0 Å². The summed E-state index contributed by atoms with van der Waals surface area (Å²) in [6.07, 6.45) is 2.87. The Labute approximate surface area is 106 Å². The fraction of sp³-hybridized carbons (Fsp3) is 0.833. The Balaban J connectivity index is 1.92. The SMILES string of the molecule is O=C1/C(=N/O)C2CNCCC2NC2NCCCC12. The minimum absolute atomic E-state index is 0.0105. The van der Waals surface area contributed by atoms with Crippen molar-refractivity contribution in [2.45, 2.75) is 31.5 Å². The van der Waals surface area contributed by atoms with Crippen molar-refractivity contribution < 1.29 is 10.0 Å². The summed E-state index contributed by atoms with van der Waals surface area (Å²) in [5.74, 6) is -0.0858. The molecule has 0 saturated carbocycles. The third-order valence-corrected chi connectivity index (χ3v) is 4.38. The van der Waals surface area contributed by atoms with Crippen LogP contribution in [0.1, 0.15) is 19.3 Å². The average molecular weight is 252 g/mol. The van der Waals surface area contributed by atoms with Crippen LogP contribution in [0.25, 0.3) is 0 Å². The van der Waals surface area contributed by atoms with E-state index in [1.165, 1.54) is 0 Å².